The van der Waals surface area contributed by atoms with E-state index in [0.29, 0.717) is 0 Å². The Balaban J connectivity index is 1.67. The predicted octanol–water partition coefficient (Wildman–Crippen LogP) is 1.22. The first kappa shape index (κ1) is 12.3. The SMILES string of the molecule is CNC1CCC(N(C)CC2CC(O)C2)CC1. The highest BCUT2D eigenvalue weighted by molar-refractivity contribution is 4.85. The van der Waals surface area contributed by atoms with Gasteiger partial charge in [0, 0.05) is 18.6 Å². The third kappa shape index (κ3) is 2.96. The van der Waals surface area contributed by atoms with Gasteiger partial charge in [-0.2, -0.15) is 0 Å². The second-order valence-electron chi connectivity index (χ2n) is 5.72. The van der Waals surface area contributed by atoms with Gasteiger partial charge in [-0.25, -0.2) is 0 Å². The average Bonchev–Trinajstić information content (AvgIpc) is 2.27. The third-order valence-electron chi connectivity index (χ3n) is 4.49. The van der Waals surface area contributed by atoms with Gasteiger partial charge in [0.15, 0.2) is 0 Å². The van der Waals surface area contributed by atoms with Crippen molar-refractivity contribution in [2.24, 2.45) is 5.92 Å². The van der Waals surface area contributed by atoms with Crippen LogP contribution in [0.5, 0.6) is 0 Å². The van der Waals surface area contributed by atoms with Crippen molar-refractivity contribution in [1.82, 2.24) is 10.2 Å². The summed E-state index contributed by atoms with van der Waals surface area (Å²) in [5, 5.41) is 12.7. The third-order valence-corrected chi connectivity index (χ3v) is 4.49. The Hall–Kier alpha value is -0.120. The summed E-state index contributed by atoms with van der Waals surface area (Å²) in [4.78, 5) is 2.53. The lowest BCUT2D eigenvalue weighted by molar-refractivity contribution is 0.0183. The fraction of sp³-hybridized carbons (Fsp3) is 1.00. The van der Waals surface area contributed by atoms with E-state index in [1.807, 2.05) is 0 Å². The van der Waals surface area contributed by atoms with E-state index in [4.69, 9.17) is 0 Å². The summed E-state index contributed by atoms with van der Waals surface area (Å²) >= 11 is 0. The molecule has 3 heteroatoms. The first-order valence-electron chi connectivity index (χ1n) is 6.74. The highest BCUT2D eigenvalue weighted by Crippen LogP contribution is 2.30. The quantitative estimate of drug-likeness (QED) is 0.756. The summed E-state index contributed by atoms with van der Waals surface area (Å²) in [6, 6.07) is 1.53. The van der Waals surface area contributed by atoms with Crippen LogP contribution in [0.3, 0.4) is 0 Å². The fourth-order valence-electron chi connectivity index (χ4n) is 3.21. The number of nitrogens with one attached hydrogen (secondary N) is 1. The molecule has 0 atom stereocenters. The van der Waals surface area contributed by atoms with Gasteiger partial charge in [-0.3, -0.25) is 0 Å². The molecule has 0 aromatic carbocycles. The van der Waals surface area contributed by atoms with Crippen LogP contribution in [0.25, 0.3) is 0 Å². The molecule has 2 aliphatic carbocycles. The Kier molecular flexibility index (Phi) is 4.22. The topological polar surface area (TPSA) is 35.5 Å². The van der Waals surface area contributed by atoms with E-state index in [1.165, 1.54) is 32.2 Å². The molecule has 0 amide bonds. The van der Waals surface area contributed by atoms with Crippen LogP contribution >= 0.6 is 0 Å². The Labute approximate surface area is 99.2 Å². The number of nitrogens with zero attached hydrogens (tertiary/aromatic N) is 1. The number of rotatable bonds is 4. The van der Waals surface area contributed by atoms with Crippen molar-refractivity contribution in [2.45, 2.75) is 56.7 Å². The van der Waals surface area contributed by atoms with Gasteiger partial charge >= 0.3 is 0 Å². The number of hydrogen-bond acceptors (Lipinski definition) is 3. The van der Waals surface area contributed by atoms with Crippen molar-refractivity contribution in [3.8, 4) is 0 Å². The maximum Gasteiger partial charge on any atom is 0.0546 e. The summed E-state index contributed by atoms with van der Waals surface area (Å²) in [7, 11) is 4.33. The Morgan fingerprint density at radius 1 is 1.19 bits per heavy atom. The molecular formula is C13H26N2O. The van der Waals surface area contributed by atoms with Gasteiger partial charge in [0.2, 0.25) is 0 Å². The van der Waals surface area contributed by atoms with Gasteiger partial charge in [-0.1, -0.05) is 0 Å². The van der Waals surface area contributed by atoms with Crippen molar-refractivity contribution in [3.05, 3.63) is 0 Å². The fourth-order valence-corrected chi connectivity index (χ4v) is 3.21. The van der Waals surface area contributed by atoms with Crippen LogP contribution in [0.2, 0.25) is 0 Å². The van der Waals surface area contributed by atoms with Crippen molar-refractivity contribution in [3.63, 3.8) is 0 Å². The summed E-state index contributed by atoms with van der Waals surface area (Å²) in [6.07, 6.45) is 7.34. The summed E-state index contributed by atoms with van der Waals surface area (Å²) in [5.41, 5.74) is 0. The first-order valence-corrected chi connectivity index (χ1v) is 6.74. The second kappa shape index (κ2) is 5.48. The van der Waals surface area contributed by atoms with Crippen LogP contribution in [-0.2, 0) is 0 Å². The molecule has 2 fully saturated rings. The van der Waals surface area contributed by atoms with Crippen LogP contribution in [0, 0.1) is 5.92 Å². The standard InChI is InChI=1S/C13H26N2O/c1-14-11-3-5-12(6-4-11)15(2)9-10-7-13(16)8-10/h10-14,16H,3-9H2,1-2H3. The zero-order chi connectivity index (χ0) is 11.5. The van der Waals surface area contributed by atoms with Gasteiger partial charge in [0.1, 0.15) is 0 Å². The number of aliphatic hydroxyl groups is 1. The normalized spacial score (nSPS) is 39.8. The van der Waals surface area contributed by atoms with E-state index in [-0.39, 0.29) is 6.10 Å². The Bertz CT molecular complexity index is 208. The lowest BCUT2D eigenvalue weighted by Crippen LogP contribution is -2.44. The minimum absolute atomic E-state index is 0.00146. The molecule has 0 heterocycles. The Morgan fingerprint density at radius 2 is 1.81 bits per heavy atom. The van der Waals surface area contributed by atoms with Crippen LogP contribution in [0.15, 0.2) is 0 Å². The first-order chi connectivity index (χ1) is 7.69. The maximum atomic E-state index is 9.28. The predicted molar refractivity (Wildman–Crippen MR) is 66.5 cm³/mol. The molecule has 0 radical (unpaired) electrons. The molecule has 0 aromatic rings. The molecule has 94 valence electrons. The molecule has 2 saturated carbocycles. The number of aliphatic hydroxyl groups excluding tert-OH is 1. The molecule has 2 N–H and O–H groups in total. The molecule has 0 aromatic heterocycles. The van der Waals surface area contributed by atoms with Gasteiger partial charge in [-0.05, 0) is 58.5 Å². The molecule has 0 unspecified atom stereocenters. The zero-order valence-corrected chi connectivity index (χ0v) is 10.7. The highest BCUT2D eigenvalue weighted by atomic mass is 16.3. The lowest BCUT2D eigenvalue weighted by Gasteiger charge is -2.40. The molecule has 0 saturated heterocycles. The van der Waals surface area contributed by atoms with Gasteiger partial charge in [0.25, 0.3) is 0 Å². The van der Waals surface area contributed by atoms with Crippen LogP contribution in [0.1, 0.15) is 38.5 Å². The molecule has 3 nitrogen and oxygen atoms in total. The minimum Gasteiger partial charge on any atom is -0.393 e. The van der Waals surface area contributed by atoms with Gasteiger partial charge in [-0.15, -0.1) is 0 Å². The van der Waals surface area contributed by atoms with E-state index in [2.05, 4.69) is 24.3 Å². The van der Waals surface area contributed by atoms with Crippen molar-refractivity contribution in [2.75, 3.05) is 20.6 Å². The van der Waals surface area contributed by atoms with E-state index in [1.54, 1.807) is 0 Å². The molecule has 0 aliphatic heterocycles. The maximum absolute atomic E-state index is 9.28. The lowest BCUT2D eigenvalue weighted by atomic mass is 9.81. The highest BCUT2D eigenvalue weighted by Gasteiger charge is 2.30. The summed E-state index contributed by atoms with van der Waals surface area (Å²) in [5.74, 6) is 0.752. The minimum atomic E-state index is -0.00146. The van der Waals surface area contributed by atoms with E-state index in [9.17, 15) is 5.11 Å². The van der Waals surface area contributed by atoms with Gasteiger partial charge in [0.05, 0.1) is 6.10 Å². The molecule has 2 aliphatic rings. The largest absolute Gasteiger partial charge is 0.393 e. The molecular weight excluding hydrogens is 200 g/mol. The van der Waals surface area contributed by atoms with Crippen LogP contribution in [0.4, 0.5) is 0 Å². The van der Waals surface area contributed by atoms with E-state index in [0.717, 1.165) is 30.8 Å². The smallest absolute Gasteiger partial charge is 0.0546 e. The second-order valence-corrected chi connectivity index (χ2v) is 5.72. The average molecular weight is 226 g/mol. The van der Waals surface area contributed by atoms with Crippen LogP contribution < -0.4 is 5.32 Å². The van der Waals surface area contributed by atoms with E-state index >= 15 is 0 Å². The van der Waals surface area contributed by atoms with E-state index < -0.39 is 0 Å². The van der Waals surface area contributed by atoms with Crippen molar-refractivity contribution in [1.29, 1.82) is 0 Å². The van der Waals surface area contributed by atoms with Gasteiger partial charge < -0.3 is 15.3 Å². The molecule has 16 heavy (non-hydrogen) atoms. The molecule has 2 rings (SSSR count). The molecule has 0 spiro atoms. The number of hydrogen-bond donors (Lipinski definition) is 2. The van der Waals surface area contributed by atoms with Crippen LogP contribution in [-0.4, -0.2) is 48.8 Å². The summed E-state index contributed by atoms with van der Waals surface area (Å²) in [6.45, 7) is 1.19. The zero-order valence-electron chi connectivity index (χ0n) is 10.7. The van der Waals surface area contributed by atoms with Crippen molar-refractivity contribution < 1.29 is 5.11 Å². The summed E-state index contributed by atoms with van der Waals surface area (Å²) < 4.78 is 0. The Morgan fingerprint density at radius 3 is 2.31 bits per heavy atom. The monoisotopic (exact) mass is 226 g/mol. The molecule has 0 bridgehead atoms. The van der Waals surface area contributed by atoms with Crippen molar-refractivity contribution >= 4 is 0 Å².